The van der Waals surface area contributed by atoms with Gasteiger partial charge in [-0.05, 0) is 31.0 Å². The van der Waals surface area contributed by atoms with Crippen molar-refractivity contribution in [3.05, 3.63) is 29.3 Å². The standard InChI is InChI=1S/C17H26N2O3.ClH/c1-12-4-5-13(2)16(10-12)22-14-6-8-19(9-7-14)17(20)15(18)11-21-3;/h4-5,10,14-15H,6-9,11,18H2,1-3H3;1H. The first-order chi connectivity index (χ1) is 10.5. The smallest absolute Gasteiger partial charge is 0.241 e. The summed E-state index contributed by atoms with van der Waals surface area (Å²) in [6, 6.07) is 5.66. The zero-order valence-corrected chi connectivity index (χ0v) is 14.9. The molecule has 1 aromatic rings. The van der Waals surface area contributed by atoms with Crippen LogP contribution in [0.15, 0.2) is 18.2 Å². The maximum atomic E-state index is 12.1. The third-order valence-corrected chi connectivity index (χ3v) is 4.05. The second-order valence-electron chi connectivity index (χ2n) is 5.97. The van der Waals surface area contributed by atoms with E-state index in [0.29, 0.717) is 13.1 Å². The van der Waals surface area contributed by atoms with Crippen LogP contribution in [0.1, 0.15) is 24.0 Å². The molecule has 0 spiro atoms. The van der Waals surface area contributed by atoms with Gasteiger partial charge in [-0.2, -0.15) is 0 Å². The number of amides is 1. The number of nitrogens with zero attached hydrogens (tertiary/aromatic N) is 1. The van der Waals surface area contributed by atoms with E-state index in [0.717, 1.165) is 24.2 Å². The van der Waals surface area contributed by atoms with Crippen LogP contribution in [-0.4, -0.2) is 49.8 Å². The number of ether oxygens (including phenoxy) is 2. The molecule has 0 saturated carbocycles. The summed E-state index contributed by atoms with van der Waals surface area (Å²) in [5, 5.41) is 0. The van der Waals surface area contributed by atoms with Gasteiger partial charge in [0.2, 0.25) is 5.91 Å². The Morgan fingerprint density at radius 2 is 2.00 bits per heavy atom. The number of carbonyl (C=O) groups excluding carboxylic acids is 1. The molecular formula is C17H27ClN2O3. The van der Waals surface area contributed by atoms with Gasteiger partial charge in [-0.3, -0.25) is 4.79 Å². The Hall–Kier alpha value is -1.30. The van der Waals surface area contributed by atoms with Crippen molar-refractivity contribution in [2.45, 2.75) is 38.8 Å². The van der Waals surface area contributed by atoms with E-state index < -0.39 is 6.04 Å². The van der Waals surface area contributed by atoms with Crippen molar-refractivity contribution in [3.63, 3.8) is 0 Å². The SMILES string of the molecule is COCC(N)C(=O)N1CCC(Oc2cc(C)ccc2C)CC1.Cl. The molecule has 1 aliphatic heterocycles. The zero-order valence-electron chi connectivity index (χ0n) is 14.1. The Kier molecular flexibility index (Phi) is 7.82. The summed E-state index contributed by atoms with van der Waals surface area (Å²) in [4.78, 5) is 13.9. The van der Waals surface area contributed by atoms with Gasteiger partial charge in [0.15, 0.2) is 0 Å². The van der Waals surface area contributed by atoms with Crippen LogP contribution in [0.3, 0.4) is 0 Å². The van der Waals surface area contributed by atoms with Gasteiger partial charge in [-0.25, -0.2) is 0 Å². The first-order valence-electron chi connectivity index (χ1n) is 7.78. The van der Waals surface area contributed by atoms with Gasteiger partial charge in [0.05, 0.1) is 6.61 Å². The Morgan fingerprint density at radius 1 is 1.35 bits per heavy atom. The summed E-state index contributed by atoms with van der Waals surface area (Å²) in [6.45, 7) is 5.75. The van der Waals surface area contributed by atoms with Crippen LogP contribution in [0, 0.1) is 13.8 Å². The molecule has 1 heterocycles. The van der Waals surface area contributed by atoms with Gasteiger partial charge in [0, 0.05) is 33.0 Å². The molecule has 1 amide bonds. The van der Waals surface area contributed by atoms with Gasteiger partial charge in [-0.15, -0.1) is 12.4 Å². The monoisotopic (exact) mass is 342 g/mol. The molecule has 1 atom stereocenters. The maximum Gasteiger partial charge on any atom is 0.241 e. The third kappa shape index (κ3) is 5.37. The lowest BCUT2D eigenvalue weighted by Gasteiger charge is -2.33. The first-order valence-corrected chi connectivity index (χ1v) is 7.78. The molecule has 0 radical (unpaired) electrons. The number of benzene rings is 1. The molecule has 0 aromatic heterocycles. The van der Waals surface area contributed by atoms with E-state index in [1.807, 2.05) is 4.90 Å². The lowest BCUT2D eigenvalue weighted by Crippen LogP contribution is -2.50. The summed E-state index contributed by atoms with van der Waals surface area (Å²) in [5.41, 5.74) is 8.14. The third-order valence-electron chi connectivity index (χ3n) is 4.05. The van der Waals surface area contributed by atoms with E-state index in [1.165, 1.54) is 5.56 Å². The van der Waals surface area contributed by atoms with E-state index in [2.05, 4.69) is 32.0 Å². The molecule has 1 fully saturated rings. The van der Waals surface area contributed by atoms with E-state index >= 15 is 0 Å². The topological polar surface area (TPSA) is 64.8 Å². The average Bonchev–Trinajstić information content (AvgIpc) is 2.51. The summed E-state index contributed by atoms with van der Waals surface area (Å²) in [5.74, 6) is 0.910. The Morgan fingerprint density at radius 3 is 2.61 bits per heavy atom. The Bertz CT molecular complexity index is 517. The Labute approximate surface area is 144 Å². The number of piperidine rings is 1. The van der Waals surface area contributed by atoms with Crippen molar-refractivity contribution in [3.8, 4) is 5.75 Å². The number of hydrogen-bond donors (Lipinski definition) is 1. The van der Waals surface area contributed by atoms with Crippen LogP contribution in [0.2, 0.25) is 0 Å². The molecular weight excluding hydrogens is 316 g/mol. The number of carbonyl (C=O) groups is 1. The second-order valence-corrected chi connectivity index (χ2v) is 5.97. The number of methoxy groups -OCH3 is 1. The largest absolute Gasteiger partial charge is 0.490 e. The van der Waals surface area contributed by atoms with Gasteiger partial charge < -0.3 is 20.1 Å². The number of hydrogen-bond acceptors (Lipinski definition) is 4. The predicted octanol–water partition coefficient (Wildman–Crippen LogP) is 2.07. The van der Waals surface area contributed by atoms with Crippen LogP contribution in [0.25, 0.3) is 0 Å². The molecule has 0 aliphatic carbocycles. The number of halogens is 1. The van der Waals surface area contributed by atoms with Gasteiger partial charge in [0.1, 0.15) is 17.9 Å². The van der Waals surface area contributed by atoms with Crippen molar-refractivity contribution in [2.24, 2.45) is 5.73 Å². The fraction of sp³-hybridized carbons (Fsp3) is 0.588. The molecule has 1 aliphatic rings. The fourth-order valence-corrected chi connectivity index (χ4v) is 2.69. The highest BCUT2D eigenvalue weighted by Crippen LogP contribution is 2.24. The number of nitrogens with two attached hydrogens (primary N) is 1. The molecule has 1 unspecified atom stereocenters. The van der Waals surface area contributed by atoms with Crippen molar-refractivity contribution >= 4 is 18.3 Å². The van der Waals surface area contributed by atoms with Crippen molar-refractivity contribution in [1.82, 2.24) is 4.90 Å². The van der Waals surface area contributed by atoms with Gasteiger partial charge in [-0.1, -0.05) is 12.1 Å². The quantitative estimate of drug-likeness (QED) is 0.889. The highest BCUT2D eigenvalue weighted by molar-refractivity contribution is 5.85. The van der Waals surface area contributed by atoms with Crippen LogP contribution in [-0.2, 0) is 9.53 Å². The van der Waals surface area contributed by atoms with E-state index in [1.54, 1.807) is 7.11 Å². The first kappa shape index (κ1) is 19.7. The molecule has 5 nitrogen and oxygen atoms in total. The fourth-order valence-electron chi connectivity index (χ4n) is 2.69. The highest BCUT2D eigenvalue weighted by Gasteiger charge is 2.27. The number of likely N-dealkylation sites (tertiary alicyclic amines) is 1. The molecule has 1 saturated heterocycles. The van der Waals surface area contributed by atoms with E-state index in [4.69, 9.17) is 15.2 Å². The van der Waals surface area contributed by atoms with Crippen LogP contribution < -0.4 is 10.5 Å². The van der Waals surface area contributed by atoms with Crippen LogP contribution in [0.4, 0.5) is 0 Å². The molecule has 2 N–H and O–H groups in total. The van der Waals surface area contributed by atoms with Crippen LogP contribution >= 0.6 is 12.4 Å². The minimum Gasteiger partial charge on any atom is -0.490 e. The Balaban J connectivity index is 0.00000264. The second kappa shape index (κ2) is 9.11. The zero-order chi connectivity index (χ0) is 16.1. The van der Waals surface area contributed by atoms with Gasteiger partial charge in [0.25, 0.3) is 0 Å². The highest BCUT2D eigenvalue weighted by atomic mass is 35.5. The molecule has 1 aromatic carbocycles. The van der Waals surface area contributed by atoms with Crippen molar-refractivity contribution in [1.29, 1.82) is 0 Å². The number of rotatable bonds is 5. The van der Waals surface area contributed by atoms with Gasteiger partial charge >= 0.3 is 0 Å². The summed E-state index contributed by atoms with van der Waals surface area (Å²) < 4.78 is 11.1. The predicted molar refractivity (Wildman–Crippen MR) is 93.2 cm³/mol. The van der Waals surface area contributed by atoms with E-state index in [-0.39, 0.29) is 31.0 Å². The van der Waals surface area contributed by atoms with Crippen molar-refractivity contribution in [2.75, 3.05) is 26.8 Å². The molecule has 2 rings (SSSR count). The number of aryl methyl sites for hydroxylation is 2. The normalized spacial score (nSPS) is 16.6. The van der Waals surface area contributed by atoms with Crippen molar-refractivity contribution < 1.29 is 14.3 Å². The lowest BCUT2D eigenvalue weighted by molar-refractivity contribution is -0.135. The summed E-state index contributed by atoms with van der Waals surface area (Å²) >= 11 is 0. The minimum absolute atomic E-state index is 0. The average molecular weight is 343 g/mol. The molecule has 23 heavy (non-hydrogen) atoms. The summed E-state index contributed by atoms with van der Waals surface area (Å²) in [7, 11) is 1.55. The minimum atomic E-state index is -0.568. The maximum absolute atomic E-state index is 12.1. The van der Waals surface area contributed by atoms with Crippen LogP contribution in [0.5, 0.6) is 5.75 Å². The lowest BCUT2D eigenvalue weighted by atomic mass is 10.1. The molecule has 0 bridgehead atoms. The summed E-state index contributed by atoms with van der Waals surface area (Å²) in [6.07, 6.45) is 1.82. The molecule has 130 valence electrons. The van der Waals surface area contributed by atoms with E-state index in [9.17, 15) is 4.79 Å². The molecule has 6 heteroatoms.